The van der Waals surface area contributed by atoms with Crippen molar-refractivity contribution in [2.24, 2.45) is 0 Å². The van der Waals surface area contributed by atoms with Gasteiger partial charge in [0.1, 0.15) is 0 Å². The van der Waals surface area contributed by atoms with E-state index in [0.717, 1.165) is 11.3 Å². The molecule has 0 atom stereocenters. The number of aryl methyl sites for hydroxylation is 1. The van der Waals surface area contributed by atoms with Gasteiger partial charge in [0.05, 0.1) is 12.3 Å². The molecule has 0 aliphatic rings. The van der Waals surface area contributed by atoms with Gasteiger partial charge in [-0.15, -0.1) is 5.10 Å². The summed E-state index contributed by atoms with van der Waals surface area (Å²) < 4.78 is 5.38. The molecule has 0 aromatic carbocycles. The minimum atomic E-state index is 0.427. The van der Waals surface area contributed by atoms with Gasteiger partial charge in [-0.25, -0.2) is 0 Å². The summed E-state index contributed by atoms with van der Waals surface area (Å²) in [6.45, 7) is 8.77. The molecule has 0 aliphatic carbocycles. The van der Waals surface area contributed by atoms with Crippen LogP contribution in [0.15, 0.2) is 6.07 Å². The van der Waals surface area contributed by atoms with Crippen molar-refractivity contribution in [2.75, 3.05) is 6.61 Å². The summed E-state index contributed by atoms with van der Waals surface area (Å²) in [5.74, 6) is 1.10. The minimum Gasteiger partial charge on any atom is -0.477 e. The Kier molecular flexibility index (Phi) is 3.23. The van der Waals surface area contributed by atoms with Gasteiger partial charge in [-0.2, -0.15) is 5.10 Å². The van der Waals surface area contributed by atoms with Crippen LogP contribution in [0, 0.1) is 6.92 Å². The summed E-state index contributed by atoms with van der Waals surface area (Å²) in [6, 6.07) is 2.03. The number of rotatable bonds is 3. The van der Waals surface area contributed by atoms with E-state index in [-0.39, 0.29) is 0 Å². The molecule has 0 saturated heterocycles. The topological polar surface area (TPSA) is 35.0 Å². The lowest BCUT2D eigenvalue weighted by Gasteiger charge is -2.11. The smallest absolute Gasteiger partial charge is 0.236 e. The summed E-state index contributed by atoms with van der Waals surface area (Å²) in [7, 11) is 0. The fourth-order valence-electron chi connectivity index (χ4n) is 1.16. The normalized spacial score (nSPS) is 10.5. The van der Waals surface area contributed by atoms with E-state index in [9.17, 15) is 0 Å². The first-order valence-corrected chi connectivity index (χ1v) is 4.62. The Morgan fingerprint density at radius 2 is 2.08 bits per heavy atom. The van der Waals surface area contributed by atoms with Crippen LogP contribution in [0.5, 0.6) is 5.88 Å². The number of nitrogens with zero attached hydrogens (tertiary/aromatic N) is 2. The predicted molar refractivity (Wildman–Crippen MR) is 52.0 cm³/mol. The highest BCUT2D eigenvalue weighted by molar-refractivity contribution is 5.28. The maximum absolute atomic E-state index is 5.38. The quantitative estimate of drug-likeness (QED) is 0.716. The summed E-state index contributed by atoms with van der Waals surface area (Å²) in [4.78, 5) is 0. The Bertz CT molecular complexity index is 284. The van der Waals surface area contributed by atoms with Gasteiger partial charge in [0.15, 0.2) is 0 Å². The third-order valence-corrected chi connectivity index (χ3v) is 1.81. The lowest BCUT2D eigenvalue weighted by atomic mass is 10.1. The summed E-state index contributed by atoms with van der Waals surface area (Å²) in [5.41, 5.74) is 2.07. The Balaban J connectivity index is 3.03. The van der Waals surface area contributed by atoms with Crippen molar-refractivity contribution in [1.82, 2.24) is 10.2 Å². The van der Waals surface area contributed by atoms with Crippen LogP contribution in [-0.4, -0.2) is 16.8 Å². The van der Waals surface area contributed by atoms with E-state index < -0.39 is 0 Å². The molecule has 1 aromatic heterocycles. The second kappa shape index (κ2) is 4.21. The average molecular weight is 180 g/mol. The first kappa shape index (κ1) is 9.96. The second-order valence-corrected chi connectivity index (χ2v) is 3.33. The van der Waals surface area contributed by atoms with Crippen LogP contribution in [0.3, 0.4) is 0 Å². The van der Waals surface area contributed by atoms with Gasteiger partial charge in [-0.05, 0) is 25.8 Å². The Morgan fingerprint density at radius 3 is 2.62 bits per heavy atom. The predicted octanol–water partition coefficient (Wildman–Crippen LogP) is 2.31. The van der Waals surface area contributed by atoms with Crippen LogP contribution in [-0.2, 0) is 0 Å². The maximum atomic E-state index is 5.38. The Labute approximate surface area is 79.1 Å². The van der Waals surface area contributed by atoms with E-state index in [2.05, 4.69) is 24.0 Å². The zero-order chi connectivity index (χ0) is 9.84. The van der Waals surface area contributed by atoms with Gasteiger partial charge < -0.3 is 4.74 Å². The van der Waals surface area contributed by atoms with Crippen LogP contribution < -0.4 is 4.74 Å². The van der Waals surface area contributed by atoms with Gasteiger partial charge >= 0.3 is 0 Å². The lowest BCUT2D eigenvalue weighted by molar-refractivity contribution is 0.317. The Hall–Kier alpha value is -1.12. The summed E-state index contributed by atoms with van der Waals surface area (Å²) in [5, 5.41) is 7.98. The number of aromatic nitrogens is 2. The highest BCUT2D eigenvalue weighted by Gasteiger charge is 2.09. The summed E-state index contributed by atoms with van der Waals surface area (Å²) in [6.07, 6.45) is 0. The molecule has 0 fully saturated rings. The fraction of sp³-hybridized carbons (Fsp3) is 0.600. The van der Waals surface area contributed by atoms with Gasteiger partial charge in [0.2, 0.25) is 5.88 Å². The fourth-order valence-corrected chi connectivity index (χ4v) is 1.16. The van der Waals surface area contributed by atoms with Crippen molar-refractivity contribution in [3.8, 4) is 5.88 Å². The first-order valence-electron chi connectivity index (χ1n) is 4.62. The van der Waals surface area contributed by atoms with Crippen molar-refractivity contribution in [2.45, 2.75) is 33.6 Å². The molecular weight excluding hydrogens is 164 g/mol. The van der Waals surface area contributed by atoms with Crippen LogP contribution in [0.1, 0.15) is 37.9 Å². The molecule has 0 bridgehead atoms. The van der Waals surface area contributed by atoms with Gasteiger partial charge in [0.25, 0.3) is 0 Å². The van der Waals surface area contributed by atoms with Crippen molar-refractivity contribution in [1.29, 1.82) is 0 Å². The van der Waals surface area contributed by atoms with E-state index in [0.29, 0.717) is 18.4 Å². The number of hydrogen-bond acceptors (Lipinski definition) is 3. The zero-order valence-corrected chi connectivity index (χ0v) is 8.66. The van der Waals surface area contributed by atoms with Gasteiger partial charge in [-0.3, -0.25) is 0 Å². The number of ether oxygens (including phenoxy) is 1. The molecule has 1 rings (SSSR count). The second-order valence-electron chi connectivity index (χ2n) is 3.33. The third kappa shape index (κ3) is 2.41. The molecule has 13 heavy (non-hydrogen) atoms. The molecule has 0 amide bonds. The zero-order valence-electron chi connectivity index (χ0n) is 8.66. The van der Waals surface area contributed by atoms with Crippen molar-refractivity contribution in [3.63, 3.8) is 0 Å². The van der Waals surface area contributed by atoms with Crippen LogP contribution in [0.4, 0.5) is 0 Å². The maximum Gasteiger partial charge on any atom is 0.236 e. The molecular formula is C10H16N2O. The van der Waals surface area contributed by atoms with Crippen LogP contribution in [0.25, 0.3) is 0 Å². The lowest BCUT2D eigenvalue weighted by Crippen LogP contribution is -2.03. The van der Waals surface area contributed by atoms with E-state index in [1.807, 2.05) is 19.9 Å². The van der Waals surface area contributed by atoms with Crippen LogP contribution >= 0.6 is 0 Å². The van der Waals surface area contributed by atoms with E-state index in [1.165, 1.54) is 0 Å². The molecule has 0 saturated carbocycles. The molecule has 0 radical (unpaired) electrons. The van der Waals surface area contributed by atoms with E-state index in [4.69, 9.17) is 4.74 Å². The van der Waals surface area contributed by atoms with Crippen molar-refractivity contribution in [3.05, 3.63) is 17.3 Å². The molecule has 0 unspecified atom stereocenters. The Morgan fingerprint density at radius 1 is 1.38 bits per heavy atom. The average Bonchev–Trinajstić information content (AvgIpc) is 2.08. The van der Waals surface area contributed by atoms with Gasteiger partial charge in [-0.1, -0.05) is 13.8 Å². The standard InChI is InChI=1S/C10H16N2O/c1-5-13-10-9(7(2)3)6-8(4)11-12-10/h6-7H,5H2,1-4H3. The third-order valence-electron chi connectivity index (χ3n) is 1.81. The largest absolute Gasteiger partial charge is 0.477 e. The molecule has 1 heterocycles. The highest BCUT2D eigenvalue weighted by atomic mass is 16.5. The molecule has 72 valence electrons. The molecule has 0 aliphatic heterocycles. The van der Waals surface area contributed by atoms with Gasteiger partial charge in [0, 0.05) is 5.56 Å². The molecule has 0 spiro atoms. The molecule has 3 nitrogen and oxygen atoms in total. The molecule has 3 heteroatoms. The van der Waals surface area contributed by atoms with E-state index >= 15 is 0 Å². The minimum absolute atomic E-state index is 0.427. The SMILES string of the molecule is CCOc1nnc(C)cc1C(C)C. The van der Waals surface area contributed by atoms with E-state index in [1.54, 1.807) is 0 Å². The monoisotopic (exact) mass is 180 g/mol. The summed E-state index contributed by atoms with van der Waals surface area (Å²) >= 11 is 0. The molecule has 1 aromatic rings. The van der Waals surface area contributed by atoms with Crippen molar-refractivity contribution < 1.29 is 4.74 Å². The van der Waals surface area contributed by atoms with Crippen LogP contribution in [0.2, 0.25) is 0 Å². The molecule has 0 N–H and O–H groups in total. The number of hydrogen-bond donors (Lipinski definition) is 0. The first-order chi connectivity index (χ1) is 6.15. The highest BCUT2D eigenvalue weighted by Crippen LogP contribution is 2.23. The van der Waals surface area contributed by atoms with Crippen molar-refractivity contribution >= 4 is 0 Å².